The number of amides is 4. The van der Waals surface area contributed by atoms with Gasteiger partial charge in [0.05, 0.1) is 6.61 Å². The molecule has 2 saturated heterocycles. The quantitative estimate of drug-likeness (QED) is 0.522. The average Bonchev–Trinajstić information content (AvgIpc) is 3.45. The lowest BCUT2D eigenvalue weighted by Crippen LogP contribution is -2.53. The lowest BCUT2D eigenvalue weighted by atomic mass is 10.2. The molecule has 0 bridgehead atoms. The summed E-state index contributed by atoms with van der Waals surface area (Å²) in [5.74, 6) is 0.651. The molecular formula is C23H27N5O6. The number of piperazine rings is 1. The molecule has 2 fully saturated rings. The molecule has 11 nitrogen and oxygen atoms in total. The van der Waals surface area contributed by atoms with Crippen molar-refractivity contribution in [2.24, 2.45) is 0 Å². The van der Waals surface area contributed by atoms with Crippen LogP contribution < -0.4 is 4.74 Å². The Bertz CT molecular complexity index is 1040. The highest BCUT2D eigenvalue weighted by atomic mass is 16.5. The number of carbonyl (C=O) groups excluding carboxylic acids is 4. The lowest BCUT2D eigenvalue weighted by Gasteiger charge is -2.35. The molecule has 0 N–H and O–H groups in total. The van der Waals surface area contributed by atoms with E-state index in [1.165, 1.54) is 0 Å². The summed E-state index contributed by atoms with van der Waals surface area (Å²) in [4.78, 5) is 57.1. The predicted molar refractivity (Wildman–Crippen MR) is 118 cm³/mol. The largest absolute Gasteiger partial charge is 0.494 e. The molecule has 0 aliphatic carbocycles. The first-order valence-electron chi connectivity index (χ1n) is 11.4. The topological polar surface area (TPSA) is 126 Å². The van der Waals surface area contributed by atoms with E-state index in [0.29, 0.717) is 50.9 Å². The summed E-state index contributed by atoms with van der Waals surface area (Å²) in [7, 11) is 0. The third-order valence-corrected chi connectivity index (χ3v) is 5.88. The minimum Gasteiger partial charge on any atom is -0.494 e. The normalized spacial score (nSPS) is 16.3. The van der Waals surface area contributed by atoms with E-state index in [1.807, 2.05) is 31.2 Å². The first kappa shape index (κ1) is 23.4. The lowest BCUT2D eigenvalue weighted by molar-refractivity contribution is -0.147. The Morgan fingerprint density at radius 2 is 1.59 bits per heavy atom. The Kier molecular flexibility index (Phi) is 7.19. The minimum absolute atomic E-state index is 0.0576. The summed E-state index contributed by atoms with van der Waals surface area (Å²) in [6.07, 6.45) is 0.864. The Hall–Kier alpha value is -3.76. The smallest absolute Gasteiger partial charge is 0.242 e. The fourth-order valence-electron chi connectivity index (χ4n) is 3.95. The maximum atomic E-state index is 12.6. The molecule has 2 aromatic rings. The van der Waals surface area contributed by atoms with Crippen LogP contribution in [0.5, 0.6) is 5.75 Å². The number of hydrogen-bond donors (Lipinski definition) is 0. The first-order valence-corrected chi connectivity index (χ1v) is 11.4. The molecule has 4 rings (SSSR count). The van der Waals surface area contributed by atoms with Gasteiger partial charge in [-0.25, -0.2) is 0 Å². The van der Waals surface area contributed by atoms with Crippen molar-refractivity contribution in [3.05, 3.63) is 30.2 Å². The summed E-state index contributed by atoms with van der Waals surface area (Å²) < 4.78 is 10.7. The van der Waals surface area contributed by atoms with Gasteiger partial charge >= 0.3 is 0 Å². The molecule has 0 spiro atoms. The number of imide groups is 1. The number of ether oxygens (including phenoxy) is 1. The average molecular weight is 469 g/mol. The van der Waals surface area contributed by atoms with E-state index in [1.54, 1.807) is 9.80 Å². The number of nitrogens with zero attached hydrogens (tertiary/aromatic N) is 5. The number of rotatable bonds is 8. The zero-order chi connectivity index (χ0) is 24.1. The molecule has 34 heavy (non-hydrogen) atoms. The number of aromatic nitrogens is 2. The highest BCUT2D eigenvalue weighted by molar-refractivity contribution is 6.04. The van der Waals surface area contributed by atoms with E-state index < -0.39 is 0 Å². The molecule has 11 heteroatoms. The Balaban J connectivity index is 1.22. The van der Waals surface area contributed by atoms with Gasteiger partial charge in [-0.05, 0) is 31.2 Å². The second kappa shape index (κ2) is 10.4. The summed E-state index contributed by atoms with van der Waals surface area (Å²) in [6.45, 7) is 3.81. The van der Waals surface area contributed by atoms with E-state index in [-0.39, 0.29) is 49.4 Å². The number of hydrogen-bond acceptors (Lipinski definition) is 8. The monoisotopic (exact) mass is 469 g/mol. The standard InChI is InChI=1S/C23H27N5O6/c1-2-33-17-5-3-16(4-6-17)23-24-18(34-25-23)7-8-19(29)26-11-13-27(14-12-26)22(32)15-28-20(30)9-10-21(28)31/h3-6H,2,7-15H2,1H3. The van der Waals surface area contributed by atoms with E-state index in [4.69, 9.17) is 9.26 Å². The maximum absolute atomic E-state index is 12.6. The van der Waals surface area contributed by atoms with Gasteiger partial charge in [-0.1, -0.05) is 5.16 Å². The van der Waals surface area contributed by atoms with Crippen LogP contribution in [0.2, 0.25) is 0 Å². The number of carbonyl (C=O) groups is 4. The van der Waals surface area contributed by atoms with Crippen LogP contribution in [0.3, 0.4) is 0 Å². The molecule has 1 aromatic carbocycles. The Labute approximate surface area is 196 Å². The zero-order valence-corrected chi connectivity index (χ0v) is 19.1. The molecule has 0 atom stereocenters. The van der Waals surface area contributed by atoms with Crippen molar-refractivity contribution in [3.63, 3.8) is 0 Å². The van der Waals surface area contributed by atoms with Gasteiger partial charge in [-0.3, -0.25) is 24.1 Å². The summed E-state index contributed by atoms with van der Waals surface area (Å²) >= 11 is 0. The van der Waals surface area contributed by atoms with Crippen LogP contribution in [-0.4, -0.2) is 87.8 Å². The van der Waals surface area contributed by atoms with Gasteiger partial charge in [-0.2, -0.15) is 4.98 Å². The third kappa shape index (κ3) is 5.41. The van der Waals surface area contributed by atoms with Crippen LogP contribution in [0.15, 0.2) is 28.8 Å². The van der Waals surface area contributed by atoms with Crippen LogP contribution in [0.4, 0.5) is 0 Å². The first-order chi connectivity index (χ1) is 16.4. The van der Waals surface area contributed by atoms with Gasteiger partial charge in [0.15, 0.2) is 0 Å². The van der Waals surface area contributed by atoms with E-state index in [0.717, 1.165) is 16.2 Å². The van der Waals surface area contributed by atoms with Gasteiger partial charge in [0, 0.05) is 57.4 Å². The van der Waals surface area contributed by atoms with Crippen LogP contribution in [0.25, 0.3) is 11.4 Å². The van der Waals surface area contributed by atoms with Crippen molar-refractivity contribution in [2.75, 3.05) is 39.3 Å². The fourth-order valence-corrected chi connectivity index (χ4v) is 3.95. The molecule has 0 unspecified atom stereocenters. The van der Waals surface area contributed by atoms with Crippen LogP contribution in [-0.2, 0) is 25.6 Å². The van der Waals surface area contributed by atoms with Gasteiger partial charge in [-0.15, -0.1) is 0 Å². The van der Waals surface area contributed by atoms with Crippen molar-refractivity contribution in [1.82, 2.24) is 24.8 Å². The van der Waals surface area contributed by atoms with E-state index in [2.05, 4.69) is 10.1 Å². The molecule has 4 amide bonds. The van der Waals surface area contributed by atoms with Crippen molar-refractivity contribution < 1.29 is 28.4 Å². The second-order valence-corrected chi connectivity index (χ2v) is 8.10. The summed E-state index contributed by atoms with van der Waals surface area (Å²) in [5.41, 5.74) is 0.794. The van der Waals surface area contributed by atoms with Crippen molar-refractivity contribution in [3.8, 4) is 17.1 Å². The highest BCUT2D eigenvalue weighted by Gasteiger charge is 2.33. The van der Waals surface area contributed by atoms with Gasteiger partial charge in [0.2, 0.25) is 35.3 Å². The Morgan fingerprint density at radius 3 is 2.21 bits per heavy atom. The zero-order valence-electron chi connectivity index (χ0n) is 19.1. The number of likely N-dealkylation sites (tertiary alicyclic amines) is 1. The van der Waals surface area contributed by atoms with Gasteiger partial charge in [0.25, 0.3) is 0 Å². The third-order valence-electron chi connectivity index (χ3n) is 5.88. The molecule has 2 aliphatic heterocycles. The SMILES string of the molecule is CCOc1ccc(-c2noc(CCC(=O)N3CCN(C(=O)CN4C(=O)CCC4=O)CC3)n2)cc1. The molecule has 180 valence electrons. The fraction of sp³-hybridized carbons (Fsp3) is 0.478. The van der Waals surface area contributed by atoms with Crippen molar-refractivity contribution in [1.29, 1.82) is 0 Å². The molecular weight excluding hydrogens is 442 g/mol. The molecule has 0 radical (unpaired) electrons. The van der Waals surface area contributed by atoms with Gasteiger partial charge in [0.1, 0.15) is 12.3 Å². The molecule has 1 aromatic heterocycles. The van der Waals surface area contributed by atoms with E-state index in [9.17, 15) is 19.2 Å². The van der Waals surface area contributed by atoms with Crippen molar-refractivity contribution in [2.45, 2.75) is 32.6 Å². The summed E-state index contributed by atoms with van der Waals surface area (Å²) in [5, 5.41) is 3.99. The highest BCUT2D eigenvalue weighted by Crippen LogP contribution is 2.20. The van der Waals surface area contributed by atoms with Crippen LogP contribution >= 0.6 is 0 Å². The number of aryl methyl sites for hydroxylation is 1. The maximum Gasteiger partial charge on any atom is 0.242 e. The minimum atomic E-state index is -0.307. The van der Waals surface area contributed by atoms with E-state index >= 15 is 0 Å². The number of benzene rings is 1. The Morgan fingerprint density at radius 1 is 0.971 bits per heavy atom. The molecule has 2 aliphatic rings. The molecule has 3 heterocycles. The predicted octanol–water partition coefficient (Wildman–Crippen LogP) is 0.888. The molecule has 0 saturated carbocycles. The van der Waals surface area contributed by atoms with Crippen LogP contribution in [0, 0.1) is 0 Å². The second-order valence-electron chi connectivity index (χ2n) is 8.10. The van der Waals surface area contributed by atoms with Crippen molar-refractivity contribution >= 4 is 23.6 Å². The van der Waals surface area contributed by atoms with Crippen LogP contribution in [0.1, 0.15) is 32.1 Å². The summed E-state index contributed by atoms with van der Waals surface area (Å²) in [6, 6.07) is 7.37. The van der Waals surface area contributed by atoms with Gasteiger partial charge < -0.3 is 19.1 Å².